The average molecular weight is 342 g/mol. The van der Waals surface area contributed by atoms with Gasteiger partial charge in [-0.25, -0.2) is 0 Å². The summed E-state index contributed by atoms with van der Waals surface area (Å²) in [5.41, 5.74) is 0. The van der Waals surface area contributed by atoms with E-state index in [4.69, 9.17) is 5.11 Å². The molecule has 0 rings (SSSR count). The number of hydrogen-bond acceptors (Lipinski definition) is 3. The van der Waals surface area contributed by atoms with E-state index in [1.165, 1.54) is 6.42 Å². The highest BCUT2D eigenvalue weighted by atomic mass is 16.4. The minimum Gasteiger partial charge on any atom is -0.480 e. The summed E-state index contributed by atoms with van der Waals surface area (Å²) >= 11 is 0. The summed E-state index contributed by atoms with van der Waals surface area (Å²) in [5.74, 6) is -1.03. The molecule has 0 aliphatic carbocycles. The van der Waals surface area contributed by atoms with Gasteiger partial charge < -0.3 is 15.7 Å². The van der Waals surface area contributed by atoms with Crippen LogP contribution in [0.5, 0.6) is 0 Å². The number of rotatable bonds is 16. The van der Waals surface area contributed by atoms with Gasteiger partial charge in [-0.05, 0) is 19.3 Å². The molecule has 0 heterocycles. The molecular weight excluding hydrogens is 308 g/mol. The van der Waals surface area contributed by atoms with E-state index in [2.05, 4.69) is 17.6 Å². The van der Waals surface area contributed by atoms with Crippen molar-refractivity contribution in [3.8, 4) is 0 Å². The molecule has 0 bridgehead atoms. The maximum Gasteiger partial charge on any atom is 0.322 e. The van der Waals surface area contributed by atoms with Crippen LogP contribution in [0.3, 0.4) is 0 Å². The van der Waals surface area contributed by atoms with Crippen molar-refractivity contribution in [1.82, 2.24) is 10.6 Å². The van der Waals surface area contributed by atoms with Crippen molar-refractivity contribution in [2.75, 3.05) is 13.1 Å². The molecule has 6 nitrogen and oxygen atoms in total. The predicted molar refractivity (Wildman–Crippen MR) is 94.7 cm³/mol. The van der Waals surface area contributed by atoms with E-state index < -0.39 is 5.97 Å². The largest absolute Gasteiger partial charge is 0.480 e. The number of unbranched alkanes of at least 4 members (excludes halogenated alkanes) is 8. The maximum absolute atomic E-state index is 11.5. The van der Waals surface area contributed by atoms with Gasteiger partial charge in [-0.15, -0.1) is 0 Å². The number of carboxylic acids is 1. The molecule has 140 valence electrons. The van der Waals surface area contributed by atoms with Crippen molar-refractivity contribution < 1.29 is 19.5 Å². The number of carboxylic acid groups (broad SMARTS) is 1. The van der Waals surface area contributed by atoms with Crippen LogP contribution in [-0.2, 0) is 14.4 Å². The molecule has 0 fully saturated rings. The van der Waals surface area contributed by atoms with Crippen LogP contribution in [0.1, 0.15) is 84.0 Å². The molecule has 0 aromatic heterocycles. The number of carbonyl (C=O) groups excluding carboxylic acids is 2. The van der Waals surface area contributed by atoms with E-state index in [1.54, 1.807) is 0 Å². The van der Waals surface area contributed by atoms with Gasteiger partial charge in [0.1, 0.15) is 6.54 Å². The lowest BCUT2D eigenvalue weighted by atomic mass is 10.1. The Labute approximate surface area is 145 Å². The van der Waals surface area contributed by atoms with Crippen LogP contribution < -0.4 is 10.6 Å². The monoisotopic (exact) mass is 342 g/mol. The summed E-state index contributed by atoms with van der Waals surface area (Å²) in [6.07, 6.45) is 11.6. The van der Waals surface area contributed by atoms with E-state index in [-0.39, 0.29) is 18.4 Å². The molecule has 0 aromatic rings. The van der Waals surface area contributed by atoms with Gasteiger partial charge in [0.2, 0.25) is 11.8 Å². The average Bonchev–Trinajstić information content (AvgIpc) is 2.54. The molecule has 2 amide bonds. The Morgan fingerprint density at radius 1 is 0.708 bits per heavy atom. The van der Waals surface area contributed by atoms with E-state index in [1.807, 2.05) is 0 Å². The lowest BCUT2D eigenvalue weighted by Crippen LogP contribution is -2.28. The quantitative estimate of drug-likeness (QED) is 0.376. The molecule has 0 spiro atoms. The Bertz CT molecular complexity index is 359. The highest BCUT2D eigenvalue weighted by molar-refractivity contribution is 5.80. The minimum absolute atomic E-state index is 0.171. The second kappa shape index (κ2) is 16.3. The molecule has 0 atom stereocenters. The Hall–Kier alpha value is -1.59. The highest BCUT2D eigenvalue weighted by Crippen LogP contribution is 2.10. The molecule has 3 N–H and O–H groups in total. The van der Waals surface area contributed by atoms with E-state index >= 15 is 0 Å². The standard InChI is InChI=1S/C18H34N2O4/c1-2-3-14-19-16(21)12-10-8-6-4-5-7-9-11-13-17(22)20-15-18(23)24/h2-15H2,1H3,(H,19,21)(H,20,22)(H,23,24). The normalized spacial score (nSPS) is 10.4. The predicted octanol–water partition coefficient (Wildman–Crippen LogP) is 3.00. The summed E-state index contributed by atoms with van der Waals surface area (Å²) < 4.78 is 0. The lowest BCUT2D eigenvalue weighted by molar-refractivity contribution is -0.138. The first-order valence-electron chi connectivity index (χ1n) is 9.31. The Kier molecular flexibility index (Phi) is 15.2. The third kappa shape index (κ3) is 16.8. The van der Waals surface area contributed by atoms with Crippen LogP contribution >= 0.6 is 0 Å². The molecule has 0 aliphatic rings. The number of carbonyl (C=O) groups is 3. The number of aliphatic carboxylic acids is 1. The van der Waals surface area contributed by atoms with Crippen molar-refractivity contribution in [2.45, 2.75) is 84.0 Å². The Balaban J connectivity index is 3.24. The summed E-state index contributed by atoms with van der Waals surface area (Å²) in [5, 5.41) is 13.7. The first-order chi connectivity index (χ1) is 11.6. The van der Waals surface area contributed by atoms with Crippen LogP contribution in [0.15, 0.2) is 0 Å². The SMILES string of the molecule is CCCCNC(=O)CCCCCCCCCCC(=O)NCC(=O)O. The summed E-state index contributed by atoms with van der Waals surface area (Å²) in [4.78, 5) is 33.1. The van der Waals surface area contributed by atoms with Gasteiger partial charge in [0.05, 0.1) is 0 Å². The van der Waals surface area contributed by atoms with Crippen molar-refractivity contribution >= 4 is 17.8 Å². The fourth-order valence-electron chi connectivity index (χ4n) is 2.39. The van der Waals surface area contributed by atoms with Crippen LogP contribution in [0, 0.1) is 0 Å². The zero-order valence-corrected chi connectivity index (χ0v) is 15.1. The summed E-state index contributed by atoms with van der Waals surface area (Å²) in [7, 11) is 0. The van der Waals surface area contributed by atoms with Crippen molar-refractivity contribution in [2.24, 2.45) is 0 Å². The number of nitrogens with one attached hydrogen (secondary N) is 2. The smallest absolute Gasteiger partial charge is 0.322 e. The Morgan fingerprint density at radius 3 is 1.62 bits per heavy atom. The number of hydrogen-bond donors (Lipinski definition) is 3. The first-order valence-corrected chi connectivity index (χ1v) is 9.31. The molecular formula is C18H34N2O4. The second-order valence-corrected chi connectivity index (χ2v) is 6.20. The van der Waals surface area contributed by atoms with E-state index in [9.17, 15) is 14.4 Å². The van der Waals surface area contributed by atoms with E-state index in [0.717, 1.165) is 64.3 Å². The molecule has 0 radical (unpaired) electrons. The fraction of sp³-hybridized carbons (Fsp3) is 0.833. The van der Waals surface area contributed by atoms with Crippen molar-refractivity contribution in [3.63, 3.8) is 0 Å². The van der Waals surface area contributed by atoms with Crippen LogP contribution in [0.25, 0.3) is 0 Å². The van der Waals surface area contributed by atoms with Gasteiger partial charge in [0.25, 0.3) is 0 Å². The maximum atomic E-state index is 11.5. The van der Waals surface area contributed by atoms with Gasteiger partial charge in [-0.3, -0.25) is 14.4 Å². The molecule has 0 unspecified atom stereocenters. The van der Waals surface area contributed by atoms with Gasteiger partial charge in [0, 0.05) is 19.4 Å². The highest BCUT2D eigenvalue weighted by Gasteiger charge is 2.03. The third-order valence-corrected chi connectivity index (χ3v) is 3.85. The van der Waals surface area contributed by atoms with E-state index in [0.29, 0.717) is 12.8 Å². The number of amides is 2. The second-order valence-electron chi connectivity index (χ2n) is 6.20. The molecule has 0 aliphatic heterocycles. The molecule has 6 heteroatoms. The topological polar surface area (TPSA) is 95.5 Å². The fourth-order valence-corrected chi connectivity index (χ4v) is 2.39. The molecule has 0 aromatic carbocycles. The molecule has 0 saturated carbocycles. The summed E-state index contributed by atoms with van der Waals surface area (Å²) in [6, 6.07) is 0. The van der Waals surface area contributed by atoms with Crippen molar-refractivity contribution in [1.29, 1.82) is 0 Å². The summed E-state index contributed by atoms with van der Waals surface area (Å²) in [6.45, 7) is 2.61. The van der Waals surface area contributed by atoms with Gasteiger partial charge in [-0.1, -0.05) is 51.9 Å². The van der Waals surface area contributed by atoms with Gasteiger partial charge in [-0.2, -0.15) is 0 Å². The first kappa shape index (κ1) is 22.4. The zero-order chi connectivity index (χ0) is 18.0. The Morgan fingerprint density at radius 2 is 1.17 bits per heavy atom. The molecule has 0 saturated heterocycles. The van der Waals surface area contributed by atoms with Gasteiger partial charge in [0.15, 0.2) is 0 Å². The van der Waals surface area contributed by atoms with Crippen molar-refractivity contribution in [3.05, 3.63) is 0 Å². The molecule has 24 heavy (non-hydrogen) atoms. The lowest BCUT2D eigenvalue weighted by Gasteiger charge is -2.05. The minimum atomic E-state index is -1.01. The van der Waals surface area contributed by atoms with Crippen LogP contribution in [0.2, 0.25) is 0 Å². The van der Waals surface area contributed by atoms with Crippen LogP contribution in [0.4, 0.5) is 0 Å². The zero-order valence-electron chi connectivity index (χ0n) is 15.1. The third-order valence-electron chi connectivity index (χ3n) is 3.85. The van der Waals surface area contributed by atoms with Crippen LogP contribution in [-0.4, -0.2) is 36.0 Å². The van der Waals surface area contributed by atoms with Gasteiger partial charge >= 0.3 is 5.97 Å².